The summed E-state index contributed by atoms with van der Waals surface area (Å²) >= 11 is -1.37. The normalized spacial score (nSPS) is 16.2. The Balaban J connectivity index is 1.90. The fourth-order valence-electron chi connectivity index (χ4n) is 2.56. The monoisotopic (exact) mass is 355 g/mol. The number of halogens is 1. The molecule has 2 rings (SSSR count). The summed E-state index contributed by atoms with van der Waals surface area (Å²) in [5.41, 5.74) is -0.220. The number of ether oxygens (including phenoxy) is 1. The van der Waals surface area contributed by atoms with E-state index in [1.165, 1.54) is 25.3 Å². The lowest BCUT2D eigenvalue weighted by Crippen LogP contribution is -2.43. The Labute approximate surface area is 148 Å². The standard InChI is InChI=1S/C19H30FNO2S/c1-4-5-6-7-12-19(2,3)21-24(22)16-10-11-17(20)18(13-16)23-14-15-8-9-15/h10-11,13,15,21H,4-9,12,14H2,1-3H3. The van der Waals surface area contributed by atoms with Crippen LogP contribution in [0.5, 0.6) is 5.75 Å². The molecule has 24 heavy (non-hydrogen) atoms. The second kappa shape index (κ2) is 9.07. The highest BCUT2D eigenvalue weighted by Crippen LogP contribution is 2.31. The molecule has 0 amide bonds. The van der Waals surface area contributed by atoms with Crippen LogP contribution in [-0.2, 0) is 11.4 Å². The summed E-state index contributed by atoms with van der Waals surface area (Å²) in [6.45, 7) is 6.86. The van der Waals surface area contributed by atoms with Crippen molar-refractivity contribution in [3.8, 4) is 5.75 Å². The quantitative estimate of drug-likeness (QED) is 0.450. The molecule has 1 N–H and O–H groups in total. The molecule has 0 spiro atoms. The Morgan fingerprint density at radius 1 is 1.29 bits per heavy atom. The molecule has 1 atom stereocenters. The maximum atomic E-state index is 13.8. The zero-order chi connectivity index (χ0) is 17.6. The van der Waals surface area contributed by atoms with E-state index in [9.17, 15) is 8.94 Å². The van der Waals surface area contributed by atoms with Gasteiger partial charge in [-0.2, -0.15) is 0 Å². The topological polar surface area (TPSA) is 44.3 Å². The molecule has 136 valence electrons. The molecule has 1 unspecified atom stereocenters. The minimum atomic E-state index is -1.37. The minimum Gasteiger partial charge on any atom is -0.593 e. The fraction of sp³-hybridized carbons (Fsp3) is 0.684. The molecule has 0 aliphatic heterocycles. The second-order valence-electron chi connectivity index (χ2n) is 7.41. The Morgan fingerprint density at radius 3 is 2.71 bits per heavy atom. The third-order valence-electron chi connectivity index (χ3n) is 4.31. The first kappa shape index (κ1) is 19.5. The summed E-state index contributed by atoms with van der Waals surface area (Å²) in [5, 5.41) is 0. The molecular formula is C19H30FNO2S. The Bertz CT molecular complexity index is 520. The highest BCUT2D eigenvalue weighted by Gasteiger charge is 2.27. The predicted octanol–water partition coefficient (Wildman–Crippen LogP) is 4.98. The summed E-state index contributed by atoms with van der Waals surface area (Å²) < 4.78 is 35.1. The van der Waals surface area contributed by atoms with Crippen molar-refractivity contribution in [2.75, 3.05) is 6.61 Å². The van der Waals surface area contributed by atoms with E-state index in [1.54, 1.807) is 12.1 Å². The van der Waals surface area contributed by atoms with Crippen molar-refractivity contribution in [3.63, 3.8) is 0 Å². The van der Waals surface area contributed by atoms with Gasteiger partial charge in [0.05, 0.1) is 23.5 Å². The minimum absolute atomic E-state index is 0.204. The molecule has 0 heterocycles. The molecule has 0 aromatic heterocycles. The fourth-order valence-corrected chi connectivity index (χ4v) is 3.68. The lowest BCUT2D eigenvalue weighted by Gasteiger charge is -2.26. The van der Waals surface area contributed by atoms with Crippen molar-refractivity contribution < 1.29 is 13.7 Å². The first-order valence-corrected chi connectivity index (χ1v) is 10.2. The van der Waals surface area contributed by atoms with Gasteiger partial charge in [0, 0.05) is 6.07 Å². The summed E-state index contributed by atoms with van der Waals surface area (Å²) in [6.07, 6.45) is 8.03. The molecule has 1 aromatic rings. The Hall–Kier alpha value is -0.780. The lowest BCUT2D eigenvalue weighted by molar-refractivity contribution is 0.284. The van der Waals surface area contributed by atoms with Crippen LogP contribution in [-0.4, -0.2) is 16.7 Å². The van der Waals surface area contributed by atoms with E-state index in [2.05, 4.69) is 25.5 Å². The largest absolute Gasteiger partial charge is 0.593 e. The molecule has 1 aromatic carbocycles. The van der Waals surface area contributed by atoms with Crippen molar-refractivity contribution in [3.05, 3.63) is 24.0 Å². The van der Waals surface area contributed by atoms with E-state index in [-0.39, 0.29) is 11.3 Å². The van der Waals surface area contributed by atoms with Gasteiger partial charge in [0.15, 0.2) is 16.5 Å². The van der Waals surface area contributed by atoms with Gasteiger partial charge in [-0.15, -0.1) is 4.72 Å². The van der Waals surface area contributed by atoms with Crippen LogP contribution in [0.1, 0.15) is 65.7 Å². The first-order chi connectivity index (χ1) is 11.4. The first-order valence-electron chi connectivity index (χ1n) is 9.03. The Morgan fingerprint density at radius 2 is 2.04 bits per heavy atom. The van der Waals surface area contributed by atoms with Gasteiger partial charge in [-0.1, -0.05) is 32.6 Å². The van der Waals surface area contributed by atoms with Crippen molar-refractivity contribution in [2.45, 2.75) is 76.2 Å². The molecule has 1 saturated carbocycles. The van der Waals surface area contributed by atoms with Crippen LogP contribution in [0.2, 0.25) is 0 Å². The average molecular weight is 356 g/mol. The number of hydrogen-bond acceptors (Lipinski definition) is 3. The zero-order valence-electron chi connectivity index (χ0n) is 15.1. The van der Waals surface area contributed by atoms with Crippen molar-refractivity contribution in [1.29, 1.82) is 0 Å². The number of unbranched alkanes of at least 4 members (excludes halogenated alkanes) is 3. The predicted molar refractivity (Wildman–Crippen MR) is 97.0 cm³/mol. The van der Waals surface area contributed by atoms with Crippen molar-refractivity contribution in [1.82, 2.24) is 4.72 Å². The molecule has 1 aliphatic carbocycles. The van der Waals surface area contributed by atoms with E-state index in [4.69, 9.17) is 4.74 Å². The van der Waals surface area contributed by atoms with Gasteiger partial charge in [0.1, 0.15) is 0 Å². The lowest BCUT2D eigenvalue weighted by atomic mass is 9.98. The SMILES string of the molecule is CCCCCCC(C)(C)N[S+]([O-])c1ccc(F)c(OCC2CC2)c1. The van der Waals surface area contributed by atoms with Gasteiger partial charge >= 0.3 is 0 Å². The van der Waals surface area contributed by atoms with Gasteiger partial charge in [-0.05, 0) is 51.2 Å². The molecule has 0 saturated heterocycles. The number of hydrogen-bond donors (Lipinski definition) is 1. The molecule has 1 fully saturated rings. The van der Waals surface area contributed by atoms with E-state index >= 15 is 0 Å². The van der Waals surface area contributed by atoms with Crippen LogP contribution in [0.25, 0.3) is 0 Å². The summed E-state index contributed by atoms with van der Waals surface area (Å²) in [5.74, 6) is 0.365. The third kappa shape index (κ3) is 6.61. The van der Waals surface area contributed by atoms with Crippen LogP contribution < -0.4 is 9.46 Å². The van der Waals surface area contributed by atoms with Gasteiger partial charge in [-0.25, -0.2) is 4.39 Å². The van der Waals surface area contributed by atoms with Gasteiger partial charge < -0.3 is 9.29 Å². The van der Waals surface area contributed by atoms with E-state index in [0.717, 1.165) is 25.7 Å². The summed E-state index contributed by atoms with van der Waals surface area (Å²) in [4.78, 5) is 0.559. The van der Waals surface area contributed by atoms with Crippen LogP contribution in [0.4, 0.5) is 4.39 Å². The maximum Gasteiger partial charge on any atom is 0.177 e. The highest BCUT2D eigenvalue weighted by molar-refractivity contribution is 7.89. The third-order valence-corrected chi connectivity index (χ3v) is 5.73. The molecule has 5 heteroatoms. The molecule has 0 bridgehead atoms. The van der Waals surface area contributed by atoms with E-state index in [1.807, 2.05) is 0 Å². The molecule has 0 radical (unpaired) electrons. The van der Waals surface area contributed by atoms with Gasteiger partial charge in [0.2, 0.25) is 0 Å². The van der Waals surface area contributed by atoms with Crippen molar-refractivity contribution in [2.24, 2.45) is 5.92 Å². The van der Waals surface area contributed by atoms with Crippen LogP contribution >= 0.6 is 0 Å². The van der Waals surface area contributed by atoms with E-state index in [0.29, 0.717) is 17.4 Å². The highest BCUT2D eigenvalue weighted by atomic mass is 32.2. The summed E-state index contributed by atoms with van der Waals surface area (Å²) in [6, 6.07) is 4.47. The molecule has 1 aliphatic rings. The number of rotatable bonds is 11. The van der Waals surface area contributed by atoms with Crippen molar-refractivity contribution >= 4 is 11.4 Å². The second-order valence-corrected chi connectivity index (χ2v) is 8.62. The summed E-state index contributed by atoms with van der Waals surface area (Å²) in [7, 11) is 0. The number of nitrogens with one attached hydrogen (secondary N) is 1. The Kier molecular flexibility index (Phi) is 7.38. The average Bonchev–Trinajstić information content (AvgIpc) is 3.34. The smallest absolute Gasteiger partial charge is 0.177 e. The van der Waals surface area contributed by atoms with Gasteiger partial charge in [-0.3, -0.25) is 0 Å². The van der Waals surface area contributed by atoms with Crippen LogP contribution in [0, 0.1) is 11.7 Å². The maximum absolute atomic E-state index is 13.8. The number of benzene rings is 1. The van der Waals surface area contributed by atoms with Gasteiger partial charge in [0.25, 0.3) is 0 Å². The molecular weight excluding hydrogens is 325 g/mol. The zero-order valence-corrected chi connectivity index (χ0v) is 15.9. The van der Waals surface area contributed by atoms with E-state index < -0.39 is 17.2 Å². The molecule has 3 nitrogen and oxygen atoms in total. The van der Waals surface area contributed by atoms with Crippen LogP contribution in [0.15, 0.2) is 23.1 Å². The van der Waals surface area contributed by atoms with Crippen LogP contribution in [0.3, 0.4) is 0 Å².